The van der Waals surface area contributed by atoms with Crippen LogP contribution in [-0.4, -0.2) is 55.1 Å². The molecule has 4 aromatic carbocycles. The molecule has 0 bridgehead atoms. The van der Waals surface area contributed by atoms with E-state index in [0.717, 1.165) is 0 Å². The fourth-order valence-corrected chi connectivity index (χ4v) is 3.73. The number of hydrogen-bond donors (Lipinski definition) is 0. The average molecular weight is 565 g/mol. The predicted octanol–water partition coefficient (Wildman–Crippen LogP) is 4.81. The first kappa shape index (κ1) is 29.3. The van der Waals surface area contributed by atoms with E-state index >= 15 is 0 Å². The van der Waals surface area contributed by atoms with Crippen LogP contribution in [0.15, 0.2) is 109 Å². The third-order valence-electron chi connectivity index (χ3n) is 5.93. The molecule has 0 spiro atoms. The molecule has 0 saturated heterocycles. The number of esters is 3. The molecular formula is C33H24O9. The lowest BCUT2D eigenvalue weighted by Gasteiger charge is -2.10. The minimum atomic E-state index is -0.729. The van der Waals surface area contributed by atoms with Crippen LogP contribution >= 0.6 is 0 Å². The normalized spacial score (nSPS) is 10.3. The van der Waals surface area contributed by atoms with Crippen molar-refractivity contribution < 1.29 is 43.0 Å². The molecule has 0 aliphatic carbocycles. The van der Waals surface area contributed by atoms with Crippen LogP contribution < -0.4 is 0 Å². The zero-order valence-corrected chi connectivity index (χ0v) is 22.2. The summed E-state index contributed by atoms with van der Waals surface area (Å²) in [6, 6.07) is 27.8. The minimum absolute atomic E-state index is 0.103. The highest BCUT2D eigenvalue weighted by atomic mass is 16.5. The first-order chi connectivity index (χ1) is 20.3. The van der Waals surface area contributed by atoms with E-state index in [9.17, 15) is 28.8 Å². The maximum absolute atomic E-state index is 13.0. The average Bonchev–Trinajstić information content (AvgIpc) is 3.05. The molecule has 0 N–H and O–H groups in total. The second kappa shape index (κ2) is 14.1. The van der Waals surface area contributed by atoms with Crippen molar-refractivity contribution >= 4 is 35.3 Å². The van der Waals surface area contributed by atoms with E-state index in [1.165, 1.54) is 54.6 Å². The van der Waals surface area contributed by atoms with Crippen molar-refractivity contribution in [1.29, 1.82) is 0 Å². The van der Waals surface area contributed by atoms with E-state index in [-0.39, 0.29) is 33.4 Å². The van der Waals surface area contributed by atoms with Gasteiger partial charge in [-0.3, -0.25) is 14.4 Å². The Hall–Kier alpha value is -5.70. The van der Waals surface area contributed by atoms with Gasteiger partial charge in [0.25, 0.3) is 0 Å². The highest BCUT2D eigenvalue weighted by Crippen LogP contribution is 2.15. The molecule has 0 saturated carbocycles. The summed E-state index contributed by atoms with van der Waals surface area (Å²) in [5.41, 5.74) is 0.415. The predicted molar refractivity (Wildman–Crippen MR) is 150 cm³/mol. The molecule has 0 unspecified atom stereocenters. The SMILES string of the molecule is O=C(COC(=O)c1ccccc1)c1cc(C(=O)COC(=O)c2ccccc2)cc(C(=O)COC(=O)c2ccccc2)c1. The van der Waals surface area contributed by atoms with Gasteiger partial charge < -0.3 is 14.2 Å². The number of ketones is 3. The molecule has 9 nitrogen and oxygen atoms in total. The Labute approximate surface area is 240 Å². The summed E-state index contributed by atoms with van der Waals surface area (Å²) in [5.74, 6) is -4.25. The van der Waals surface area contributed by atoms with E-state index in [2.05, 4.69) is 0 Å². The molecule has 0 heterocycles. The smallest absolute Gasteiger partial charge is 0.338 e. The van der Waals surface area contributed by atoms with Crippen LogP contribution in [0.5, 0.6) is 0 Å². The van der Waals surface area contributed by atoms with Gasteiger partial charge in [0.05, 0.1) is 16.7 Å². The lowest BCUT2D eigenvalue weighted by atomic mass is 9.98. The topological polar surface area (TPSA) is 130 Å². The molecule has 0 atom stereocenters. The molecule has 4 aromatic rings. The van der Waals surface area contributed by atoms with Gasteiger partial charge in [0.1, 0.15) is 0 Å². The molecule has 9 heteroatoms. The zero-order chi connectivity index (χ0) is 29.9. The third-order valence-corrected chi connectivity index (χ3v) is 5.93. The molecule has 0 fully saturated rings. The third kappa shape index (κ3) is 7.92. The Morgan fingerprint density at radius 1 is 0.357 bits per heavy atom. The van der Waals surface area contributed by atoms with Crippen molar-refractivity contribution in [3.05, 3.63) is 143 Å². The van der Waals surface area contributed by atoms with E-state index in [0.29, 0.717) is 0 Å². The Balaban J connectivity index is 1.51. The maximum atomic E-state index is 13.0. The standard InChI is InChI=1S/C33H24O9/c34-28(19-40-31(37)22-10-4-1-5-11-22)25-16-26(29(35)20-41-32(38)23-12-6-2-7-13-23)18-27(17-25)30(36)21-42-33(39)24-14-8-3-9-15-24/h1-18H,19-21H2. The molecule has 210 valence electrons. The Kier molecular flexibility index (Phi) is 9.82. The van der Waals surface area contributed by atoms with Crippen LogP contribution in [0.25, 0.3) is 0 Å². The van der Waals surface area contributed by atoms with Gasteiger partial charge in [-0.1, -0.05) is 54.6 Å². The maximum Gasteiger partial charge on any atom is 0.338 e. The summed E-state index contributed by atoms with van der Waals surface area (Å²) in [6.07, 6.45) is 0. The number of ether oxygens (including phenoxy) is 3. The molecule has 4 rings (SSSR count). The van der Waals surface area contributed by atoms with E-state index in [1.807, 2.05) is 0 Å². The number of carbonyl (C=O) groups excluding carboxylic acids is 6. The molecule has 42 heavy (non-hydrogen) atoms. The monoisotopic (exact) mass is 564 g/mol. The quantitative estimate of drug-likeness (QED) is 0.135. The number of Topliss-reactive ketones (excluding diaryl/α,β-unsaturated/α-hetero) is 3. The van der Waals surface area contributed by atoms with Gasteiger partial charge in [-0.25, -0.2) is 14.4 Å². The molecule has 0 amide bonds. The summed E-state index contributed by atoms with van der Waals surface area (Å²) >= 11 is 0. The Morgan fingerprint density at radius 2 is 0.595 bits per heavy atom. The van der Waals surface area contributed by atoms with Gasteiger partial charge >= 0.3 is 17.9 Å². The van der Waals surface area contributed by atoms with Crippen molar-refractivity contribution in [3.8, 4) is 0 Å². The van der Waals surface area contributed by atoms with Crippen LogP contribution in [0, 0.1) is 0 Å². The van der Waals surface area contributed by atoms with Crippen molar-refractivity contribution in [2.24, 2.45) is 0 Å². The Bertz CT molecular complexity index is 1410. The zero-order valence-electron chi connectivity index (χ0n) is 22.2. The van der Waals surface area contributed by atoms with Crippen molar-refractivity contribution in [2.45, 2.75) is 0 Å². The number of hydrogen-bond acceptors (Lipinski definition) is 9. The van der Waals surface area contributed by atoms with Gasteiger partial charge in [0.2, 0.25) is 0 Å². The highest BCUT2D eigenvalue weighted by Gasteiger charge is 2.20. The van der Waals surface area contributed by atoms with Crippen LogP contribution in [0.2, 0.25) is 0 Å². The number of benzene rings is 4. The van der Waals surface area contributed by atoms with Crippen molar-refractivity contribution in [3.63, 3.8) is 0 Å². The summed E-state index contributed by atoms with van der Waals surface area (Å²) in [5, 5.41) is 0. The highest BCUT2D eigenvalue weighted by molar-refractivity contribution is 6.08. The van der Waals surface area contributed by atoms with Gasteiger partial charge in [-0.15, -0.1) is 0 Å². The summed E-state index contributed by atoms with van der Waals surface area (Å²) in [7, 11) is 0. The summed E-state index contributed by atoms with van der Waals surface area (Å²) in [6.45, 7) is -1.99. The molecule has 0 radical (unpaired) electrons. The fourth-order valence-electron chi connectivity index (χ4n) is 3.73. The van der Waals surface area contributed by atoms with E-state index < -0.39 is 55.1 Å². The number of carbonyl (C=O) groups is 6. The van der Waals surface area contributed by atoms with Gasteiger partial charge in [0.15, 0.2) is 37.2 Å². The van der Waals surface area contributed by atoms with Crippen LogP contribution in [0.3, 0.4) is 0 Å². The second-order valence-electron chi connectivity index (χ2n) is 8.90. The van der Waals surface area contributed by atoms with Crippen LogP contribution in [-0.2, 0) is 14.2 Å². The molecule has 0 aliphatic heterocycles. The van der Waals surface area contributed by atoms with Gasteiger partial charge in [-0.2, -0.15) is 0 Å². The lowest BCUT2D eigenvalue weighted by Crippen LogP contribution is -2.19. The molecular weight excluding hydrogens is 540 g/mol. The fraction of sp³-hybridized carbons (Fsp3) is 0.0909. The van der Waals surface area contributed by atoms with E-state index in [4.69, 9.17) is 14.2 Å². The first-order valence-electron chi connectivity index (χ1n) is 12.7. The van der Waals surface area contributed by atoms with Crippen LogP contribution in [0.4, 0.5) is 0 Å². The van der Waals surface area contributed by atoms with Crippen LogP contribution in [0.1, 0.15) is 62.1 Å². The molecule has 0 aromatic heterocycles. The first-order valence-corrected chi connectivity index (χ1v) is 12.7. The number of rotatable bonds is 12. The van der Waals surface area contributed by atoms with Crippen molar-refractivity contribution in [1.82, 2.24) is 0 Å². The van der Waals surface area contributed by atoms with Crippen molar-refractivity contribution in [2.75, 3.05) is 19.8 Å². The van der Waals surface area contributed by atoms with Gasteiger partial charge in [0, 0.05) is 16.7 Å². The Morgan fingerprint density at radius 3 is 0.833 bits per heavy atom. The minimum Gasteiger partial charge on any atom is -0.454 e. The van der Waals surface area contributed by atoms with E-state index in [1.54, 1.807) is 54.6 Å². The lowest BCUT2D eigenvalue weighted by molar-refractivity contribution is 0.0474. The summed E-state index contributed by atoms with van der Waals surface area (Å²) in [4.78, 5) is 75.7. The molecule has 0 aliphatic rings. The second-order valence-corrected chi connectivity index (χ2v) is 8.90. The largest absolute Gasteiger partial charge is 0.454 e. The summed E-state index contributed by atoms with van der Waals surface area (Å²) < 4.78 is 15.3. The van der Waals surface area contributed by atoms with Gasteiger partial charge in [-0.05, 0) is 54.6 Å².